The summed E-state index contributed by atoms with van der Waals surface area (Å²) in [5.41, 5.74) is 1.17. The van der Waals surface area contributed by atoms with Gasteiger partial charge in [0.15, 0.2) is 0 Å². The number of ether oxygens (including phenoxy) is 1. The van der Waals surface area contributed by atoms with E-state index in [4.69, 9.17) is 16.3 Å². The van der Waals surface area contributed by atoms with Crippen molar-refractivity contribution < 1.29 is 4.74 Å². The number of rotatable bonds is 7. The van der Waals surface area contributed by atoms with Crippen LogP contribution in [0.1, 0.15) is 33.3 Å². The molecule has 0 fully saturated rings. The van der Waals surface area contributed by atoms with Crippen molar-refractivity contribution in [1.29, 1.82) is 0 Å². The van der Waals surface area contributed by atoms with E-state index in [-0.39, 0.29) is 5.54 Å². The van der Waals surface area contributed by atoms with Crippen molar-refractivity contribution in [1.82, 2.24) is 10.3 Å². The van der Waals surface area contributed by atoms with Crippen LogP contribution in [-0.2, 0) is 11.3 Å². The summed E-state index contributed by atoms with van der Waals surface area (Å²) in [6.45, 7) is 11.3. The van der Waals surface area contributed by atoms with Crippen LogP contribution in [0.25, 0.3) is 0 Å². The topological polar surface area (TPSA) is 37.4 Å². The number of nitrogens with one attached hydrogen (secondary N) is 1. The summed E-state index contributed by atoms with van der Waals surface area (Å²) < 4.78 is 5.34. The molecule has 0 bridgehead atoms. The lowest BCUT2D eigenvalue weighted by Gasteiger charge is -2.22. The Kier molecular flexibility index (Phi) is 6.72. The van der Waals surface area contributed by atoms with Crippen LogP contribution < -0.4 is 10.2 Å². The minimum Gasteiger partial charge on any atom is -0.380 e. The monoisotopic (exact) mass is 299 g/mol. The Balaban J connectivity index is 2.63. The summed E-state index contributed by atoms with van der Waals surface area (Å²) in [6, 6.07) is 1.97. The van der Waals surface area contributed by atoms with Crippen molar-refractivity contribution in [2.45, 2.75) is 39.8 Å². The van der Waals surface area contributed by atoms with E-state index in [9.17, 15) is 0 Å². The second-order valence-corrected chi connectivity index (χ2v) is 6.28. The number of likely N-dealkylation sites (N-methyl/N-ethyl adjacent to an activating group) is 1. The molecule has 114 valence electrons. The first-order valence-electron chi connectivity index (χ1n) is 7.02. The molecule has 0 aromatic carbocycles. The number of anilines is 1. The molecule has 1 aromatic heterocycles. The van der Waals surface area contributed by atoms with Crippen molar-refractivity contribution >= 4 is 17.4 Å². The van der Waals surface area contributed by atoms with E-state index >= 15 is 0 Å². The molecule has 0 unspecified atom stereocenters. The summed E-state index contributed by atoms with van der Waals surface area (Å²) in [5.74, 6) is 0.797. The fraction of sp³-hybridized carbons (Fsp3) is 0.667. The second kappa shape index (κ2) is 7.81. The number of hydrogen-bond donors (Lipinski definition) is 1. The third kappa shape index (κ3) is 6.07. The van der Waals surface area contributed by atoms with E-state index in [2.05, 4.69) is 31.1 Å². The van der Waals surface area contributed by atoms with E-state index in [1.807, 2.05) is 31.1 Å². The van der Waals surface area contributed by atoms with Gasteiger partial charge in [-0.2, -0.15) is 0 Å². The molecule has 1 rings (SSSR count). The summed E-state index contributed by atoms with van der Waals surface area (Å²) in [5, 5.41) is 4.10. The molecular formula is C15H26ClN3O. The van der Waals surface area contributed by atoms with Crippen molar-refractivity contribution in [2.24, 2.45) is 0 Å². The summed E-state index contributed by atoms with van der Waals surface area (Å²) in [7, 11) is 1.97. The molecule has 0 saturated heterocycles. The van der Waals surface area contributed by atoms with Gasteiger partial charge in [0, 0.05) is 38.5 Å². The lowest BCUT2D eigenvalue weighted by Crippen LogP contribution is -2.35. The van der Waals surface area contributed by atoms with Crippen LogP contribution in [0.15, 0.2) is 12.3 Å². The maximum absolute atomic E-state index is 6.31. The van der Waals surface area contributed by atoms with Gasteiger partial charge in [-0.3, -0.25) is 0 Å². The molecule has 1 N–H and O–H groups in total. The maximum atomic E-state index is 6.31. The van der Waals surface area contributed by atoms with E-state index in [0.29, 0.717) is 11.6 Å². The summed E-state index contributed by atoms with van der Waals surface area (Å²) >= 11 is 6.31. The second-order valence-electron chi connectivity index (χ2n) is 5.87. The van der Waals surface area contributed by atoms with E-state index in [0.717, 1.165) is 31.1 Å². The van der Waals surface area contributed by atoms with Gasteiger partial charge in [0.1, 0.15) is 5.82 Å². The van der Waals surface area contributed by atoms with Gasteiger partial charge >= 0.3 is 0 Å². The highest BCUT2D eigenvalue weighted by Gasteiger charge is 2.11. The van der Waals surface area contributed by atoms with Crippen molar-refractivity contribution in [2.75, 3.05) is 31.7 Å². The van der Waals surface area contributed by atoms with Gasteiger partial charge in [0.2, 0.25) is 0 Å². The predicted molar refractivity (Wildman–Crippen MR) is 85.6 cm³/mol. The molecule has 4 nitrogen and oxygen atoms in total. The van der Waals surface area contributed by atoms with Gasteiger partial charge in [-0.1, -0.05) is 11.6 Å². The van der Waals surface area contributed by atoms with Gasteiger partial charge in [-0.15, -0.1) is 0 Å². The fourth-order valence-corrected chi connectivity index (χ4v) is 2.00. The Bertz CT molecular complexity index is 418. The van der Waals surface area contributed by atoms with Gasteiger partial charge in [0.25, 0.3) is 0 Å². The Labute approximate surface area is 127 Å². The predicted octanol–water partition coefficient (Wildman–Crippen LogP) is 3.10. The average Bonchev–Trinajstić information content (AvgIpc) is 2.35. The van der Waals surface area contributed by atoms with Gasteiger partial charge in [-0.25, -0.2) is 4.98 Å². The van der Waals surface area contributed by atoms with Gasteiger partial charge in [0.05, 0.1) is 11.6 Å². The first-order chi connectivity index (χ1) is 9.33. The number of hydrogen-bond acceptors (Lipinski definition) is 4. The molecule has 0 atom stereocenters. The van der Waals surface area contributed by atoms with Crippen molar-refractivity contribution in [3.8, 4) is 0 Å². The van der Waals surface area contributed by atoms with Gasteiger partial charge < -0.3 is 15.0 Å². The Morgan fingerprint density at radius 1 is 1.40 bits per heavy atom. The Morgan fingerprint density at radius 2 is 2.10 bits per heavy atom. The third-order valence-electron chi connectivity index (χ3n) is 2.84. The smallest absolute Gasteiger partial charge is 0.147 e. The lowest BCUT2D eigenvalue weighted by molar-refractivity contribution is 0.154. The third-order valence-corrected chi connectivity index (χ3v) is 3.12. The van der Waals surface area contributed by atoms with E-state index in [1.165, 1.54) is 0 Å². The molecule has 5 heteroatoms. The molecule has 0 saturated carbocycles. The SMILES string of the molecule is CCOCCN(C)c1ncc(CNC(C)(C)C)cc1Cl. The number of aromatic nitrogens is 1. The molecule has 0 aliphatic rings. The first-order valence-corrected chi connectivity index (χ1v) is 7.39. The Hall–Kier alpha value is -0.840. The molecular weight excluding hydrogens is 274 g/mol. The minimum atomic E-state index is 0.0828. The van der Waals surface area contributed by atoms with E-state index in [1.54, 1.807) is 0 Å². The summed E-state index contributed by atoms with van der Waals surface area (Å²) in [4.78, 5) is 6.47. The zero-order valence-electron chi connectivity index (χ0n) is 13.2. The van der Waals surface area contributed by atoms with Crippen LogP contribution in [0.5, 0.6) is 0 Å². The highest BCUT2D eigenvalue weighted by molar-refractivity contribution is 6.33. The van der Waals surface area contributed by atoms with Crippen LogP contribution in [-0.4, -0.2) is 37.3 Å². The zero-order valence-corrected chi connectivity index (χ0v) is 13.9. The van der Waals surface area contributed by atoms with Gasteiger partial charge in [-0.05, 0) is 39.3 Å². The lowest BCUT2D eigenvalue weighted by atomic mass is 10.1. The molecule has 0 aliphatic carbocycles. The molecule has 20 heavy (non-hydrogen) atoms. The molecule has 0 radical (unpaired) electrons. The largest absolute Gasteiger partial charge is 0.380 e. The highest BCUT2D eigenvalue weighted by Crippen LogP contribution is 2.23. The van der Waals surface area contributed by atoms with E-state index < -0.39 is 0 Å². The molecule has 0 aliphatic heterocycles. The maximum Gasteiger partial charge on any atom is 0.147 e. The number of nitrogens with zero attached hydrogens (tertiary/aromatic N) is 2. The van der Waals surface area contributed by atoms with Crippen LogP contribution >= 0.6 is 11.6 Å². The first kappa shape index (κ1) is 17.2. The standard InChI is InChI=1S/C15H26ClN3O/c1-6-20-8-7-19(5)14-13(16)9-12(10-17-14)11-18-15(2,3)4/h9-10,18H,6-8,11H2,1-5H3. The number of halogens is 1. The quantitative estimate of drug-likeness (QED) is 0.785. The molecule has 0 spiro atoms. The van der Waals surface area contributed by atoms with Crippen LogP contribution in [0.4, 0.5) is 5.82 Å². The van der Waals surface area contributed by atoms with Crippen LogP contribution in [0.3, 0.4) is 0 Å². The normalized spacial score (nSPS) is 11.7. The highest BCUT2D eigenvalue weighted by atomic mass is 35.5. The van der Waals surface area contributed by atoms with Crippen LogP contribution in [0.2, 0.25) is 5.02 Å². The van der Waals surface area contributed by atoms with Crippen molar-refractivity contribution in [3.05, 3.63) is 22.8 Å². The summed E-state index contributed by atoms with van der Waals surface area (Å²) in [6.07, 6.45) is 1.87. The molecule has 1 aromatic rings. The van der Waals surface area contributed by atoms with Crippen LogP contribution in [0, 0.1) is 0 Å². The minimum absolute atomic E-state index is 0.0828. The molecule has 1 heterocycles. The van der Waals surface area contributed by atoms with Crippen molar-refractivity contribution in [3.63, 3.8) is 0 Å². The number of pyridine rings is 1. The fourth-order valence-electron chi connectivity index (χ4n) is 1.67. The average molecular weight is 300 g/mol. The zero-order chi connectivity index (χ0) is 15.2. The Morgan fingerprint density at radius 3 is 2.65 bits per heavy atom. The molecule has 0 amide bonds.